The zero-order chi connectivity index (χ0) is 12.2. The highest BCUT2D eigenvalue weighted by atomic mass is 14.9. The Balaban J connectivity index is 1.89. The first-order valence-electron chi connectivity index (χ1n) is 6.37. The summed E-state index contributed by atoms with van der Waals surface area (Å²) in [4.78, 5) is 13.2. The van der Waals surface area contributed by atoms with Crippen LogP contribution in [0, 0.1) is 0 Å². The van der Waals surface area contributed by atoms with Crippen molar-refractivity contribution in [1.82, 2.24) is 20.3 Å². The quantitative estimate of drug-likeness (QED) is 0.872. The van der Waals surface area contributed by atoms with E-state index in [2.05, 4.69) is 20.3 Å². The number of nitrogens with zero attached hydrogens (tertiary/aromatic N) is 3. The van der Waals surface area contributed by atoms with Gasteiger partial charge in [0.2, 0.25) is 0 Å². The van der Waals surface area contributed by atoms with Crippen LogP contribution in [0.2, 0.25) is 0 Å². The van der Waals surface area contributed by atoms with Crippen LogP contribution in [0.15, 0.2) is 36.8 Å². The molecule has 2 aromatic rings. The molecule has 0 radical (unpaired) electrons. The van der Waals surface area contributed by atoms with Crippen molar-refractivity contribution in [3.8, 4) is 11.3 Å². The van der Waals surface area contributed by atoms with Gasteiger partial charge < -0.3 is 5.32 Å². The standard InChI is InChI=1S/C14H16N4/c1-2-12(10-16-6-1)13-5-9-17-14(18-13)11-3-7-15-8-4-11/h1-2,5-6,9-11,15H,3-4,7-8H2. The van der Waals surface area contributed by atoms with E-state index in [9.17, 15) is 0 Å². The number of aromatic nitrogens is 3. The highest BCUT2D eigenvalue weighted by molar-refractivity contribution is 5.56. The molecule has 1 fully saturated rings. The first-order chi connectivity index (χ1) is 8.93. The van der Waals surface area contributed by atoms with Gasteiger partial charge >= 0.3 is 0 Å². The van der Waals surface area contributed by atoms with Crippen LogP contribution >= 0.6 is 0 Å². The van der Waals surface area contributed by atoms with Crippen LogP contribution in [0.1, 0.15) is 24.6 Å². The fourth-order valence-electron chi connectivity index (χ4n) is 2.33. The maximum absolute atomic E-state index is 4.69. The van der Waals surface area contributed by atoms with E-state index in [0.717, 1.165) is 43.0 Å². The third kappa shape index (κ3) is 2.38. The summed E-state index contributed by atoms with van der Waals surface area (Å²) in [5.41, 5.74) is 2.02. The number of rotatable bonds is 2. The van der Waals surface area contributed by atoms with Crippen molar-refractivity contribution in [1.29, 1.82) is 0 Å². The molecule has 3 rings (SSSR count). The van der Waals surface area contributed by atoms with Crippen LogP contribution in [-0.2, 0) is 0 Å². The van der Waals surface area contributed by atoms with Crippen molar-refractivity contribution in [2.75, 3.05) is 13.1 Å². The summed E-state index contributed by atoms with van der Waals surface area (Å²) in [6.45, 7) is 2.12. The number of piperidine rings is 1. The van der Waals surface area contributed by atoms with E-state index in [1.54, 1.807) is 6.20 Å². The topological polar surface area (TPSA) is 50.7 Å². The summed E-state index contributed by atoms with van der Waals surface area (Å²) in [5, 5.41) is 3.37. The summed E-state index contributed by atoms with van der Waals surface area (Å²) < 4.78 is 0. The van der Waals surface area contributed by atoms with Crippen molar-refractivity contribution in [2.45, 2.75) is 18.8 Å². The molecule has 0 amide bonds. The fourth-order valence-corrected chi connectivity index (χ4v) is 2.33. The molecule has 92 valence electrons. The highest BCUT2D eigenvalue weighted by Gasteiger charge is 2.18. The zero-order valence-corrected chi connectivity index (χ0v) is 10.2. The number of pyridine rings is 1. The molecule has 18 heavy (non-hydrogen) atoms. The minimum atomic E-state index is 0.489. The number of nitrogens with one attached hydrogen (secondary N) is 1. The summed E-state index contributed by atoms with van der Waals surface area (Å²) >= 11 is 0. The second kappa shape index (κ2) is 5.23. The minimum absolute atomic E-state index is 0.489. The Kier molecular flexibility index (Phi) is 3.28. The largest absolute Gasteiger partial charge is 0.317 e. The van der Waals surface area contributed by atoms with E-state index in [1.807, 2.05) is 30.6 Å². The molecule has 4 nitrogen and oxygen atoms in total. The molecule has 1 aliphatic rings. The highest BCUT2D eigenvalue weighted by Crippen LogP contribution is 2.24. The predicted octanol–water partition coefficient (Wildman–Crippen LogP) is 2.01. The normalized spacial score (nSPS) is 16.7. The van der Waals surface area contributed by atoms with Crippen molar-refractivity contribution in [3.63, 3.8) is 0 Å². The number of hydrogen-bond donors (Lipinski definition) is 1. The Morgan fingerprint density at radius 2 is 2.00 bits per heavy atom. The SMILES string of the molecule is c1cncc(-c2ccnc(C3CCNCC3)n2)c1. The predicted molar refractivity (Wildman–Crippen MR) is 70.1 cm³/mol. The van der Waals surface area contributed by atoms with Gasteiger partial charge in [-0.15, -0.1) is 0 Å². The third-order valence-electron chi connectivity index (χ3n) is 3.34. The molecule has 0 spiro atoms. The lowest BCUT2D eigenvalue weighted by Gasteiger charge is -2.21. The summed E-state index contributed by atoms with van der Waals surface area (Å²) in [5.74, 6) is 1.46. The van der Waals surface area contributed by atoms with Gasteiger partial charge in [0.15, 0.2) is 0 Å². The van der Waals surface area contributed by atoms with Gasteiger partial charge in [0, 0.05) is 30.1 Å². The number of hydrogen-bond acceptors (Lipinski definition) is 4. The first kappa shape index (κ1) is 11.3. The molecule has 1 N–H and O–H groups in total. The van der Waals surface area contributed by atoms with E-state index in [-0.39, 0.29) is 0 Å². The average Bonchev–Trinajstić information content (AvgIpc) is 2.49. The average molecular weight is 240 g/mol. The van der Waals surface area contributed by atoms with Gasteiger partial charge in [-0.1, -0.05) is 0 Å². The Hall–Kier alpha value is -1.81. The van der Waals surface area contributed by atoms with Crippen LogP contribution in [0.3, 0.4) is 0 Å². The van der Waals surface area contributed by atoms with Crippen LogP contribution in [0.5, 0.6) is 0 Å². The molecule has 0 unspecified atom stereocenters. The molecule has 0 aliphatic carbocycles. The van der Waals surface area contributed by atoms with Crippen molar-refractivity contribution >= 4 is 0 Å². The van der Waals surface area contributed by atoms with E-state index >= 15 is 0 Å². The first-order valence-corrected chi connectivity index (χ1v) is 6.37. The molecule has 2 aromatic heterocycles. The Bertz CT molecular complexity index is 506. The van der Waals surface area contributed by atoms with E-state index in [4.69, 9.17) is 0 Å². The maximum Gasteiger partial charge on any atom is 0.132 e. The lowest BCUT2D eigenvalue weighted by Crippen LogP contribution is -2.27. The molecule has 3 heterocycles. The molecule has 0 saturated carbocycles. The Morgan fingerprint density at radius 1 is 1.11 bits per heavy atom. The summed E-state index contributed by atoms with van der Waals surface area (Å²) in [6, 6.07) is 5.91. The Labute approximate surface area is 107 Å². The molecule has 1 aliphatic heterocycles. The van der Waals surface area contributed by atoms with Crippen LogP contribution in [-0.4, -0.2) is 28.0 Å². The monoisotopic (exact) mass is 240 g/mol. The second-order valence-electron chi connectivity index (χ2n) is 4.57. The fraction of sp³-hybridized carbons (Fsp3) is 0.357. The molecular formula is C14H16N4. The van der Waals surface area contributed by atoms with Crippen LogP contribution in [0.4, 0.5) is 0 Å². The van der Waals surface area contributed by atoms with Crippen LogP contribution < -0.4 is 5.32 Å². The third-order valence-corrected chi connectivity index (χ3v) is 3.34. The van der Waals surface area contributed by atoms with Crippen molar-refractivity contribution in [3.05, 3.63) is 42.6 Å². The van der Waals surface area contributed by atoms with E-state index in [1.165, 1.54) is 0 Å². The molecule has 4 heteroatoms. The van der Waals surface area contributed by atoms with Gasteiger partial charge in [-0.05, 0) is 44.1 Å². The van der Waals surface area contributed by atoms with Crippen LogP contribution in [0.25, 0.3) is 11.3 Å². The van der Waals surface area contributed by atoms with Gasteiger partial charge in [-0.25, -0.2) is 9.97 Å². The van der Waals surface area contributed by atoms with Gasteiger partial charge in [0.1, 0.15) is 5.82 Å². The van der Waals surface area contributed by atoms with E-state index in [0.29, 0.717) is 5.92 Å². The van der Waals surface area contributed by atoms with Gasteiger partial charge in [0.25, 0.3) is 0 Å². The molecule has 0 atom stereocenters. The maximum atomic E-state index is 4.69. The lowest BCUT2D eigenvalue weighted by atomic mass is 9.97. The van der Waals surface area contributed by atoms with Gasteiger partial charge in [-0.3, -0.25) is 4.98 Å². The zero-order valence-electron chi connectivity index (χ0n) is 10.2. The van der Waals surface area contributed by atoms with Gasteiger partial charge in [-0.2, -0.15) is 0 Å². The second-order valence-corrected chi connectivity index (χ2v) is 4.57. The molecule has 0 bridgehead atoms. The minimum Gasteiger partial charge on any atom is -0.317 e. The molecule has 0 aromatic carbocycles. The van der Waals surface area contributed by atoms with Crippen molar-refractivity contribution < 1.29 is 0 Å². The van der Waals surface area contributed by atoms with Gasteiger partial charge in [0.05, 0.1) is 5.69 Å². The smallest absolute Gasteiger partial charge is 0.132 e. The van der Waals surface area contributed by atoms with E-state index < -0.39 is 0 Å². The van der Waals surface area contributed by atoms with Crippen molar-refractivity contribution in [2.24, 2.45) is 0 Å². The lowest BCUT2D eigenvalue weighted by molar-refractivity contribution is 0.445. The molecule has 1 saturated heterocycles. The summed E-state index contributed by atoms with van der Waals surface area (Å²) in [6.07, 6.45) is 7.71. The summed E-state index contributed by atoms with van der Waals surface area (Å²) in [7, 11) is 0. The molecular weight excluding hydrogens is 224 g/mol. The Morgan fingerprint density at radius 3 is 2.78 bits per heavy atom.